The molecular weight excluding hydrogens is 194 g/mol. The smallest absolute Gasteiger partial charge is 0.0287 e. The lowest BCUT2D eigenvalue weighted by atomic mass is 10.1. The van der Waals surface area contributed by atoms with Gasteiger partial charge in [0.05, 0.1) is 0 Å². The molecule has 1 N–H and O–H groups in total. The van der Waals surface area contributed by atoms with Crippen LogP contribution < -0.4 is 5.32 Å². The average molecular weight is 217 g/mol. The Kier molecular flexibility index (Phi) is 6.45. The van der Waals surface area contributed by atoms with E-state index < -0.39 is 10.8 Å². The number of hydrogen-bond acceptors (Lipinski definition) is 2. The minimum atomic E-state index is -0.544. The summed E-state index contributed by atoms with van der Waals surface area (Å²) in [5.74, 6) is 2.56. The fourth-order valence-corrected chi connectivity index (χ4v) is 3.13. The van der Waals surface area contributed by atoms with Crippen LogP contribution in [0.4, 0.5) is 0 Å². The molecule has 1 fully saturated rings. The third-order valence-corrected chi connectivity index (χ3v) is 4.35. The van der Waals surface area contributed by atoms with Gasteiger partial charge in [-0.25, -0.2) is 0 Å². The molecule has 0 amide bonds. The van der Waals surface area contributed by atoms with Gasteiger partial charge in [0, 0.05) is 35.4 Å². The van der Waals surface area contributed by atoms with Gasteiger partial charge >= 0.3 is 0 Å². The summed E-state index contributed by atoms with van der Waals surface area (Å²) in [5, 5.41) is 3.22. The quantitative estimate of drug-likeness (QED) is 0.629. The Morgan fingerprint density at radius 1 is 1.21 bits per heavy atom. The zero-order valence-corrected chi connectivity index (χ0v) is 10.1. The van der Waals surface area contributed by atoms with Crippen LogP contribution in [0.5, 0.6) is 0 Å². The monoisotopic (exact) mass is 217 g/mol. The van der Waals surface area contributed by atoms with E-state index in [0.717, 1.165) is 31.0 Å². The predicted molar refractivity (Wildman–Crippen MR) is 63.0 cm³/mol. The van der Waals surface area contributed by atoms with Gasteiger partial charge in [0.1, 0.15) is 0 Å². The number of hydrogen-bond donors (Lipinski definition) is 1. The highest BCUT2D eigenvalue weighted by Gasteiger charge is 2.18. The first-order valence-electron chi connectivity index (χ1n) is 5.88. The van der Waals surface area contributed by atoms with Crippen molar-refractivity contribution in [2.45, 2.75) is 39.0 Å². The van der Waals surface area contributed by atoms with E-state index in [1.807, 2.05) is 0 Å². The Morgan fingerprint density at radius 2 is 1.93 bits per heavy atom. The van der Waals surface area contributed by atoms with Crippen molar-refractivity contribution in [1.29, 1.82) is 0 Å². The highest BCUT2D eigenvalue weighted by molar-refractivity contribution is 7.84. The standard InChI is InChI=1S/C11H23NOS/c1-2-3-4-5-6-7-14(13)10-11-8-12-9-11/h11-12H,2-10H2,1H3. The van der Waals surface area contributed by atoms with Gasteiger partial charge < -0.3 is 5.32 Å². The molecule has 0 aromatic heterocycles. The fourth-order valence-electron chi connectivity index (χ4n) is 1.68. The second-order valence-corrected chi connectivity index (χ2v) is 5.87. The van der Waals surface area contributed by atoms with Crippen LogP contribution in [-0.2, 0) is 10.8 Å². The molecule has 1 heterocycles. The van der Waals surface area contributed by atoms with Crippen LogP contribution in [0.3, 0.4) is 0 Å². The molecule has 0 spiro atoms. The molecule has 0 bridgehead atoms. The molecule has 1 unspecified atom stereocenters. The molecular formula is C11H23NOS. The third kappa shape index (κ3) is 5.11. The Balaban J connectivity index is 1.87. The summed E-state index contributed by atoms with van der Waals surface area (Å²) < 4.78 is 11.6. The summed E-state index contributed by atoms with van der Waals surface area (Å²) in [6.07, 6.45) is 6.37. The maximum Gasteiger partial charge on any atom is 0.0287 e. The van der Waals surface area contributed by atoms with E-state index in [2.05, 4.69) is 12.2 Å². The van der Waals surface area contributed by atoms with Crippen LogP contribution in [0.1, 0.15) is 39.0 Å². The summed E-state index contributed by atoms with van der Waals surface area (Å²) in [6, 6.07) is 0. The normalized spacial score (nSPS) is 19.2. The maximum absolute atomic E-state index is 11.6. The van der Waals surface area contributed by atoms with Crippen molar-refractivity contribution in [3.8, 4) is 0 Å². The molecule has 0 aromatic rings. The largest absolute Gasteiger partial charge is 0.316 e. The van der Waals surface area contributed by atoms with Gasteiger partial charge in [-0.2, -0.15) is 0 Å². The first-order valence-corrected chi connectivity index (χ1v) is 7.37. The molecule has 0 aromatic carbocycles. The zero-order chi connectivity index (χ0) is 10.2. The molecule has 1 aliphatic rings. The van der Waals surface area contributed by atoms with Crippen LogP contribution >= 0.6 is 0 Å². The van der Waals surface area contributed by atoms with Crippen LogP contribution in [-0.4, -0.2) is 28.8 Å². The van der Waals surface area contributed by atoms with Gasteiger partial charge in [0.25, 0.3) is 0 Å². The Hall–Kier alpha value is 0.110. The molecule has 0 radical (unpaired) electrons. The Bertz CT molecular complexity index is 169. The Morgan fingerprint density at radius 3 is 2.50 bits per heavy atom. The highest BCUT2D eigenvalue weighted by atomic mass is 32.2. The van der Waals surface area contributed by atoms with Crippen molar-refractivity contribution in [2.75, 3.05) is 24.6 Å². The molecule has 84 valence electrons. The van der Waals surface area contributed by atoms with Crippen LogP contribution in [0.25, 0.3) is 0 Å². The SMILES string of the molecule is CCCCCCCS(=O)CC1CNC1. The van der Waals surface area contributed by atoms with Crippen molar-refractivity contribution in [2.24, 2.45) is 5.92 Å². The van der Waals surface area contributed by atoms with E-state index in [1.165, 1.54) is 25.7 Å². The fraction of sp³-hybridized carbons (Fsp3) is 1.00. The summed E-state index contributed by atoms with van der Waals surface area (Å²) in [4.78, 5) is 0. The molecule has 1 aliphatic heterocycles. The van der Waals surface area contributed by atoms with Crippen molar-refractivity contribution in [1.82, 2.24) is 5.32 Å². The topological polar surface area (TPSA) is 29.1 Å². The van der Waals surface area contributed by atoms with Crippen molar-refractivity contribution in [3.63, 3.8) is 0 Å². The van der Waals surface area contributed by atoms with Crippen LogP contribution in [0, 0.1) is 5.92 Å². The van der Waals surface area contributed by atoms with Crippen LogP contribution in [0.15, 0.2) is 0 Å². The Labute approximate surface area is 90.3 Å². The van der Waals surface area contributed by atoms with Crippen molar-refractivity contribution in [3.05, 3.63) is 0 Å². The number of nitrogens with one attached hydrogen (secondary N) is 1. The van der Waals surface area contributed by atoms with E-state index >= 15 is 0 Å². The first kappa shape index (κ1) is 12.2. The average Bonchev–Trinajstić information content (AvgIpc) is 2.11. The summed E-state index contributed by atoms with van der Waals surface area (Å²) in [6.45, 7) is 4.39. The predicted octanol–water partition coefficient (Wildman–Crippen LogP) is 1.92. The molecule has 14 heavy (non-hydrogen) atoms. The molecule has 1 atom stereocenters. The summed E-state index contributed by atoms with van der Waals surface area (Å²) in [7, 11) is -0.544. The molecule has 0 aliphatic carbocycles. The van der Waals surface area contributed by atoms with Gasteiger partial charge in [-0.05, 0) is 12.3 Å². The second kappa shape index (κ2) is 7.41. The van der Waals surface area contributed by atoms with Gasteiger partial charge in [-0.15, -0.1) is 0 Å². The highest BCUT2D eigenvalue weighted by Crippen LogP contribution is 2.08. The lowest BCUT2D eigenvalue weighted by Gasteiger charge is -2.26. The summed E-state index contributed by atoms with van der Waals surface area (Å²) in [5.41, 5.74) is 0. The zero-order valence-electron chi connectivity index (χ0n) is 9.26. The molecule has 0 saturated carbocycles. The molecule has 1 saturated heterocycles. The van der Waals surface area contributed by atoms with Crippen molar-refractivity contribution < 1.29 is 4.21 Å². The minimum Gasteiger partial charge on any atom is -0.316 e. The third-order valence-electron chi connectivity index (χ3n) is 2.76. The van der Waals surface area contributed by atoms with E-state index in [4.69, 9.17) is 0 Å². The lowest BCUT2D eigenvalue weighted by Crippen LogP contribution is -2.44. The van der Waals surface area contributed by atoms with Crippen LogP contribution in [0.2, 0.25) is 0 Å². The number of unbranched alkanes of at least 4 members (excludes halogenated alkanes) is 4. The van der Waals surface area contributed by atoms with Gasteiger partial charge in [0.15, 0.2) is 0 Å². The molecule has 2 nitrogen and oxygen atoms in total. The van der Waals surface area contributed by atoms with Gasteiger partial charge in [-0.1, -0.05) is 32.6 Å². The summed E-state index contributed by atoms with van der Waals surface area (Å²) >= 11 is 0. The van der Waals surface area contributed by atoms with Gasteiger partial charge in [-0.3, -0.25) is 4.21 Å². The van der Waals surface area contributed by atoms with Gasteiger partial charge in [0.2, 0.25) is 0 Å². The van der Waals surface area contributed by atoms with E-state index in [-0.39, 0.29) is 0 Å². The first-order chi connectivity index (χ1) is 6.83. The van der Waals surface area contributed by atoms with E-state index in [1.54, 1.807) is 0 Å². The number of rotatable bonds is 8. The van der Waals surface area contributed by atoms with E-state index in [9.17, 15) is 4.21 Å². The lowest BCUT2D eigenvalue weighted by molar-refractivity contribution is 0.382. The van der Waals surface area contributed by atoms with Crippen molar-refractivity contribution >= 4 is 10.8 Å². The molecule has 3 heteroatoms. The van der Waals surface area contributed by atoms with E-state index in [0.29, 0.717) is 5.92 Å². The minimum absolute atomic E-state index is 0.544. The molecule has 1 rings (SSSR count). The maximum atomic E-state index is 11.6. The second-order valence-electron chi connectivity index (χ2n) is 4.25.